The first-order chi connectivity index (χ1) is 8.56. The zero-order chi connectivity index (χ0) is 13.5. The van der Waals surface area contributed by atoms with Gasteiger partial charge in [-0.3, -0.25) is 4.79 Å². The molecular weight excluding hydrogens is 240 g/mol. The minimum Gasteiger partial charge on any atom is -0.435 e. The van der Waals surface area contributed by atoms with E-state index in [0.717, 1.165) is 0 Å². The first-order valence-corrected chi connectivity index (χ1v) is 5.38. The van der Waals surface area contributed by atoms with Crippen LogP contribution in [0.2, 0.25) is 0 Å². The van der Waals surface area contributed by atoms with Gasteiger partial charge in [-0.25, -0.2) is 0 Å². The summed E-state index contributed by atoms with van der Waals surface area (Å²) in [7, 11) is 0. The normalized spacial score (nSPS) is 11.7. The number of amides is 1. The van der Waals surface area contributed by atoms with Gasteiger partial charge in [0.05, 0.1) is 6.04 Å². The van der Waals surface area contributed by atoms with E-state index in [0.29, 0.717) is 6.42 Å². The van der Waals surface area contributed by atoms with Crippen molar-refractivity contribution in [2.45, 2.75) is 26.0 Å². The van der Waals surface area contributed by atoms with Gasteiger partial charge in [-0.05, 0) is 24.6 Å². The van der Waals surface area contributed by atoms with Crippen LogP contribution >= 0.6 is 0 Å². The molecule has 0 saturated heterocycles. The second-order valence-corrected chi connectivity index (χ2v) is 3.51. The molecule has 1 atom stereocenters. The van der Waals surface area contributed by atoms with E-state index in [9.17, 15) is 13.6 Å². The van der Waals surface area contributed by atoms with Crippen LogP contribution in [0.25, 0.3) is 0 Å². The fourth-order valence-corrected chi connectivity index (χ4v) is 1.32. The Balaban J connectivity index is 2.77. The summed E-state index contributed by atoms with van der Waals surface area (Å²) in [4.78, 5) is 11.8. The highest BCUT2D eigenvalue weighted by Gasteiger charge is 2.11. The van der Waals surface area contributed by atoms with Crippen molar-refractivity contribution in [1.82, 2.24) is 5.32 Å². The Morgan fingerprint density at radius 2 is 2.28 bits per heavy atom. The van der Waals surface area contributed by atoms with Crippen LogP contribution in [0.1, 0.15) is 23.7 Å². The van der Waals surface area contributed by atoms with E-state index in [1.54, 1.807) is 0 Å². The lowest BCUT2D eigenvalue weighted by Crippen LogP contribution is -2.33. The number of nitrogens with one attached hydrogen (secondary N) is 1. The monoisotopic (exact) mass is 253 g/mol. The number of hydrogen-bond donors (Lipinski definition) is 1. The summed E-state index contributed by atoms with van der Waals surface area (Å²) in [6, 6.07) is 5.17. The van der Waals surface area contributed by atoms with Crippen LogP contribution in [-0.2, 0) is 0 Å². The zero-order valence-electron chi connectivity index (χ0n) is 9.82. The predicted molar refractivity (Wildman–Crippen MR) is 63.5 cm³/mol. The molecule has 3 nitrogen and oxygen atoms in total. The first kappa shape index (κ1) is 14.0. The molecule has 5 heteroatoms. The molecule has 0 saturated carbocycles. The van der Waals surface area contributed by atoms with E-state index >= 15 is 0 Å². The van der Waals surface area contributed by atoms with Crippen molar-refractivity contribution in [3.05, 3.63) is 29.8 Å². The lowest BCUT2D eigenvalue weighted by Gasteiger charge is -2.11. The molecule has 1 N–H and O–H groups in total. The Labute approximate surface area is 104 Å². The van der Waals surface area contributed by atoms with Gasteiger partial charge in [0.2, 0.25) is 0 Å². The Morgan fingerprint density at radius 3 is 2.83 bits per heavy atom. The topological polar surface area (TPSA) is 38.3 Å². The maximum Gasteiger partial charge on any atom is 0.387 e. The van der Waals surface area contributed by atoms with Crippen LogP contribution in [0.5, 0.6) is 5.75 Å². The summed E-state index contributed by atoms with van der Waals surface area (Å²) >= 11 is 0. The van der Waals surface area contributed by atoms with Gasteiger partial charge in [-0.2, -0.15) is 8.78 Å². The van der Waals surface area contributed by atoms with Crippen LogP contribution in [0.15, 0.2) is 24.3 Å². The number of hydrogen-bond acceptors (Lipinski definition) is 2. The van der Waals surface area contributed by atoms with Crippen LogP contribution in [0.4, 0.5) is 8.78 Å². The Morgan fingerprint density at radius 1 is 1.56 bits per heavy atom. The van der Waals surface area contributed by atoms with E-state index in [2.05, 4.69) is 16.0 Å². The second-order valence-electron chi connectivity index (χ2n) is 3.51. The SMILES string of the molecule is C#CC(CC)NC(=O)c1cccc(OC(F)F)c1. The van der Waals surface area contributed by atoms with Crippen molar-refractivity contribution in [2.75, 3.05) is 0 Å². The Hall–Kier alpha value is -2.09. The molecule has 1 rings (SSSR count). The average molecular weight is 253 g/mol. The molecule has 0 fully saturated rings. The molecule has 0 aromatic heterocycles. The van der Waals surface area contributed by atoms with Gasteiger partial charge in [0.25, 0.3) is 5.91 Å². The van der Waals surface area contributed by atoms with Crippen molar-refractivity contribution < 1.29 is 18.3 Å². The summed E-state index contributed by atoms with van der Waals surface area (Å²) in [6.45, 7) is -1.08. The summed E-state index contributed by atoms with van der Waals surface area (Å²) in [6.07, 6.45) is 5.81. The van der Waals surface area contributed by atoms with Crippen LogP contribution < -0.4 is 10.1 Å². The molecule has 96 valence electrons. The van der Waals surface area contributed by atoms with Gasteiger partial charge in [0.15, 0.2) is 0 Å². The quantitative estimate of drug-likeness (QED) is 0.818. The standard InChI is InChI=1S/C13H13F2NO2/c1-3-10(4-2)16-12(17)9-6-5-7-11(8-9)18-13(14)15/h1,5-8,10,13H,4H2,2H3,(H,16,17). The molecule has 1 amide bonds. The van der Waals surface area contributed by atoms with Gasteiger partial charge in [-0.1, -0.05) is 18.9 Å². The molecule has 1 aromatic rings. The van der Waals surface area contributed by atoms with Gasteiger partial charge in [-0.15, -0.1) is 6.42 Å². The summed E-state index contributed by atoms with van der Waals surface area (Å²) in [5.74, 6) is 1.94. The van der Waals surface area contributed by atoms with E-state index in [1.807, 2.05) is 6.92 Å². The van der Waals surface area contributed by atoms with E-state index in [-0.39, 0.29) is 17.4 Å². The zero-order valence-corrected chi connectivity index (χ0v) is 9.82. The van der Waals surface area contributed by atoms with Gasteiger partial charge >= 0.3 is 6.61 Å². The lowest BCUT2D eigenvalue weighted by atomic mass is 10.1. The molecule has 0 aliphatic heterocycles. The molecule has 0 spiro atoms. The molecule has 0 heterocycles. The number of carbonyl (C=O) groups excluding carboxylic acids is 1. The highest BCUT2D eigenvalue weighted by molar-refractivity contribution is 5.94. The number of halogens is 2. The number of terminal acetylenes is 1. The number of alkyl halides is 2. The molecule has 0 radical (unpaired) electrons. The average Bonchev–Trinajstić information content (AvgIpc) is 2.35. The van der Waals surface area contributed by atoms with E-state index in [4.69, 9.17) is 6.42 Å². The predicted octanol–water partition coefficient (Wildman–Crippen LogP) is 2.43. The summed E-state index contributed by atoms with van der Waals surface area (Å²) in [5.41, 5.74) is 0.224. The van der Waals surface area contributed by atoms with Crippen molar-refractivity contribution >= 4 is 5.91 Å². The third kappa shape index (κ3) is 4.06. The first-order valence-electron chi connectivity index (χ1n) is 5.38. The van der Waals surface area contributed by atoms with Crippen molar-refractivity contribution in [2.24, 2.45) is 0 Å². The van der Waals surface area contributed by atoms with Gasteiger partial charge in [0, 0.05) is 5.56 Å². The van der Waals surface area contributed by atoms with Crippen LogP contribution in [-0.4, -0.2) is 18.6 Å². The number of carbonyl (C=O) groups is 1. The number of rotatable bonds is 5. The second kappa shape index (κ2) is 6.60. The number of benzene rings is 1. The molecular formula is C13H13F2NO2. The largest absolute Gasteiger partial charge is 0.435 e. The molecule has 0 aliphatic rings. The molecule has 18 heavy (non-hydrogen) atoms. The minimum atomic E-state index is -2.92. The Bertz CT molecular complexity index is 455. The highest BCUT2D eigenvalue weighted by Crippen LogP contribution is 2.16. The van der Waals surface area contributed by atoms with E-state index in [1.165, 1.54) is 24.3 Å². The smallest absolute Gasteiger partial charge is 0.387 e. The van der Waals surface area contributed by atoms with Crippen molar-refractivity contribution in [1.29, 1.82) is 0 Å². The fraction of sp³-hybridized carbons (Fsp3) is 0.308. The highest BCUT2D eigenvalue weighted by atomic mass is 19.3. The van der Waals surface area contributed by atoms with Gasteiger partial charge in [0.1, 0.15) is 5.75 Å². The molecule has 1 unspecified atom stereocenters. The van der Waals surface area contributed by atoms with E-state index < -0.39 is 12.5 Å². The molecule has 0 aliphatic carbocycles. The summed E-state index contributed by atoms with van der Waals surface area (Å²) in [5, 5.41) is 2.60. The fourth-order valence-electron chi connectivity index (χ4n) is 1.32. The van der Waals surface area contributed by atoms with Gasteiger partial charge < -0.3 is 10.1 Å². The maximum atomic E-state index is 12.0. The maximum absolute atomic E-state index is 12.0. The Kier molecular flexibility index (Phi) is 5.12. The van der Waals surface area contributed by atoms with Crippen LogP contribution in [0, 0.1) is 12.3 Å². The lowest BCUT2D eigenvalue weighted by molar-refractivity contribution is -0.0498. The third-order valence-corrected chi connectivity index (χ3v) is 2.24. The molecule has 1 aromatic carbocycles. The molecule has 0 bridgehead atoms. The van der Waals surface area contributed by atoms with Crippen molar-refractivity contribution in [3.8, 4) is 18.1 Å². The third-order valence-electron chi connectivity index (χ3n) is 2.24. The van der Waals surface area contributed by atoms with Crippen LogP contribution in [0.3, 0.4) is 0 Å². The number of ether oxygens (including phenoxy) is 1. The summed E-state index contributed by atoms with van der Waals surface area (Å²) < 4.78 is 28.3. The van der Waals surface area contributed by atoms with Crippen molar-refractivity contribution in [3.63, 3.8) is 0 Å². The minimum absolute atomic E-state index is 0.0635.